The SMILES string of the molecule is Cc1cc(OCCC2CCC2)c(C(=N)N)c(C)n1. The van der Waals surface area contributed by atoms with Crippen LogP contribution >= 0.6 is 0 Å². The van der Waals surface area contributed by atoms with Gasteiger partial charge in [0.2, 0.25) is 0 Å². The van der Waals surface area contributed by atoms with E-state index in [0.29, 0.717) is 17.9 Å². The van der Waals surface area contributed by atoms with Gasteiger partial charge < -0.3 is 10.5 Å². The summed E-state index contributed by atoms with van der Waals surface area (Å²) in [5.41, 5.74) is 7.90. The number of ether oxygens (including phenoxy) is 1. The number of hydrogen-bond acceptors (Lipinski definition) is 3. The van der Waals surface area contributed by atoms with Gasteiger partial charge in [-0.2, -0.15) is 0 Å². The molecule has 4 nitrogen and oxygen atoms in total. The molecule has 98 valence electrons. The van der Waals surface area contributed by atoms with E-state index >= 15 is 0 Å². The monoisotopic (exact) mass is 247 g/mol. The molecule has 1 heterocycles. The molecule has 1 aliphatic rings. The molecule has 0 amide bonds. The van der Waals surface area contributed by atoms with E-state index in [-0.39, 0.29) is 5.84 Å². The third-order valence-corrected chi connectivity index (χ3v) is 3.57. The lowest BCUT2D eigenvalue weighted by Crippen LogP contribution is -2.18. The molecule has 0 aromatic carbocycles. The van der Waals surface area contributed by atoms with Crippen LogP contribution in [0.25, 0.3) is 0 Å². The third-order valence-electron chi connectivity index (χ3n) is 3.57. The minimum atomic E-state index is 0.0265. The van der Waals surface area contributed by atoms with Crippen LogP contribution in [0, 0.1) is 25.2 Å². The van der Waals surface area contributed by atoms with Crippen LogP contribution in [-0.4, -0.2) is 17.4 Å². The van der Waals surface area contributed by atoms with Crippen molar-refractivity contribution in [3.63, 3.8) is 0 Å². The van der Waals surface area contributed by atoms with Crippen molar-refractivity contribution in [2.45, 2.75) is 39.5 Å². The quantitative estimate of drug-likeness (QED) is 0.620. The van der Waals surface area contributed by atoms with Crippen LogP contribution in [0.5, 0.6) is 5.75 Å². The first-order valence-electron chi connectivity index (χ1n) is 6.53. The molecule has 0 aliphatic heterocycles. The van der Waals surface area contributed by atoms with Crippen LogP contribution in [0.1, 0.15) is 42.6 Å². The van der Waals surface area contributed by atoms with Gasteiger partial charge in [-0.1, -0.05) is 19.3 Å². The van der Waals surface area contributed by atoms with E-state index in [2.05, 4.69) is 4.98 Å². The number of nitrogens with two attached hydrogens (primary N) is 1. The molecular formula is C14H21N3O. The van der Waals surface area contributed by atoms with Gasteiger partial charge >= 0.3 is 0 Å². The molecule has 18 heavy (non-hydrogen) atoms. The lowest BCUT2D eigenvalue weighted by atomic mass is 9.83. The van der Waals surface area contributed by atoms with E-state index in [9.17, 15) is 0 Å². The fourth-order valence-electron chi connectivity index (χ4n) is 2.35. The van der Waals surface area contributed by atoms with Crippen LogP contribution < -0.4 is 10.5 Å². The number of hydrogen-bond donors (Lipinski definition) is 2. The second kappa shape index (κ2) is 5.38. The van der Waals surface area contributed by atoms with Crippen LogP contribution in [0.3, 0.4) is 0 Å². The molecule has 0 saturated heterocycles. The van der Waals surface area contributed by atoms with Crippen molar-refractivity contribution in [1.82, 2.24) is 4.98 Å². The topological polar surface area (TPSA) is 72.0 Å². The Balaban J connectivity index is 2.07. The summed E-state index contributed by atoms with van der Waals surface area (Å²) in [6.07, 6.45) is 5.11. The van der Waals surface area contributed by atoms with E-state index < -0.39 is 0 Å². The van der Waals surface area contributed by atoms with Crippen molar-refractivity contribution in [2.24, 2.45) is 11.7 Å². The molecule has 0 radical (unpaired) electrons. The number of nitrogens with one attached hydrogen (secondary N) is 1. The zero-order chi connectivity index (χ0) is 13.1. The van der Waals surface area contributed by atoms with Crippen LogP contribution in [0.2, 0.25) is 0 Å². The molecule has 0 unspecified atom stereocenters. The van der Waals surface area contributed by atoms with Crippen molar-refractivity contribution < 1.29 is 4.74 Å². The summed E-state index contributed by atoms with van der Waals surface area (Å²) in [4.78, 5) is 4.33. The molecule has 3 N–H and O–H groups in total. The Morgan fingerprint density at radius 1 is 1.50 bits per heavy atom. The van der Waals surface area contributed by atoms with Gasteiger partial charge in [-0.15, -0.1) is 0 Å². The van der Waals surface area contributed by atoms with E-state index in [4.69, 9.17) is 15.9 Å². The summed E-state index contributed by atoms with van der Waals surface area (Å²) < 4.78 is 5.81. The standard InChI is InChI=1S/C14H21N3O/c1-9-8-12(13(14(15)16)10(2)17-9)18-7-6-11-4-3-5-11/h8,11H,3-7H2,1-2H3,(H3,15,16). The van der Waals surface area contributed by atoms with Crippen molar-refractivity contribution in [3.8, 4) is 5.75 Å². The van der Waals surface area contributed by atoms with Gasteiger partial charge in [0.1, 0.15) is 11.6 Å². The average molecular weight is 247 g/mol. The van der Waals surface area contributed by atoms with Gasteiger partial charge in [0, 0.05) is 11.8 Å². The highest BCUT2D eigenvalue weighted by molar-refractivity contribution is 5.98. The van der Waals surface area contributed by atoms with E-state index in [1.807, 2.05) is 19.9 Å². The number of nitrogen functional groups attached to an aromatic ring is 1. The predicted molar refractivity (Wildman–Crippen MR) is 72.2 cm³/mol. The largest absolute Gasteiger partial charge is 0.493 e. The lowest BCUT2D eigenvalue weighted by molar-refractivity contribution is 0.221. The Morgan fingerprint density at radius 3 is 2.78 bits per heavy atom. The molecule has 0 atom stereocenters. The summed E-state index contributed by atoms with van der Waals surface area (Å²) in [5, 5.41) is 7.61. The van der Waals surface area contributed by atoms with Gasteiger partial charge in [0.25, 0.3) is 0 Å². The molecule has 0 spiro atoms. The predicted octanol–water partition coefficient (Wildman–Crippen LogP) is 2.55. The van der Waals surface area contributed by atoms with Crippen molar-refractivity contribution in [2.75, 3.05) is 6.61 Å². The Labute approximate surface area is 108 Å². The first kappa shape index (κ1) is 12.9. The normalized spacial score (nSPS) is 15.2. The van der Waals surface area contributed by atoms with Crippen molar-refractivity contribution in [3.05, 3.63) is 23.0 Å². The number of aromatic nitrogens is 1. The van der Waals surface area contributed by atoms with Crippen LogP contribution in [0.15, 0.2) is 6.07 Å². The highest BCUT2D eigenvalue weighted by Crippen LogP contribution is 2.30. The molecule has 1 aromatic rings. The first-order valence-corrected chi connectivity index (χ1v) is 6.53. The maximum atomic E-state index is 7.61. The highest BCUT2D eigenvalue weighted by atomic mass is 16.5. The Hall–Kier alpha value is -1.58. The molecular weight excluding hydrogens is 226 g/mol. The number of amidine groups is 1. The second-order valence-corrected chi connectivity index (χ2v) is 5.07. The van der Waals surface area contributed by atoms with Crippen LogP contribution in [-0.2, 0) is 0 Å². The zero-order valence-electron chi connectivity index (χ0n) is 11.1. The molecule has 4 heteroatoms. The van der Waals surface area contributed by atoms with Crippen molar-refractivity contribution >= 4 is 5.84 Å². The molecule has 1 fully saturated rings. The Kier molecular flexibility index (Phi) is 3.84. The van der Waals surface area contributed by atoms with Crippen LogP contribution in [0.4, 0.5) is 0 Å². The number of aryl methyl sites for hydroxylation is 2. The minimum Gasteiger partial charge on any atom is -0.493 e. The number of pyridine rings is 1. The summed E-state index contributed by atoms with van der Waals surface area (Å²) >= 11 is 0. The summed E-state index contributed by atoms with van der Waals surface area (Å²) in [5.74, 6) is 1.56. The van der Waals surface area contributed by atoms with E-state index in [0.717, 1.165) is 23.7 Å². The van der Waals surface area contributed by atoms with Gasteiger partial charge in [0.05, 0.1) is 17.9 Å². The van der Waals surface area contributed by atoms with Gasteiger partial charge in [-0.3, -0.25) is 10.4 Å². The van der Waals surface area contributed by atoms with Gasteiger partial charge in [0.15, 0.2) is 0 Å². The molecule has 2 rings (SSSR count). The zero-order valence-corrected chi connectivity index (χ0v) is 11.1. The smallest absolute Gasteiger partial charge is 0.133 e. The van der Waals surface area contributed by atoms with E-state index in [1.165, 1.54) is 19.3 Å². The highest BCUT2D eigenvalue weighted by Gasteiger charge is 2.18. The summed E-state index contributed by atoms with van der Waals surface area (Å²) in [7, 11) is 0. The number of rotatable bonds is 5. The average Bonchev–Trinajstić information content (AvgIpc) is 2.19. The molecule has 1 aromatic heterocycles. The Bertz CT molecular complexity index is 453. The molecule has 1 saturated carbocycles. The minimum absolute atomic E-state index is 0.0265. The molecule has 0 bridgehead atoms. The molecule has 1 aliphatic carbocycles. The summed E-state index contributed by atoms with van der Waals surface area (Å²) in [6.45, 7) is 4.49. The second-order valence-electron chi connectivity index (χ2n) is 5.07. The first-order chi connectivity index (χ1) is 8.58. The maximum absolute atomic E-state index is 7.61. The third kappa shape index (κ3) is 2.81. The van der Waals surface area contributed by atoms with Gasteiger partial charge in [-0.25, -0.2) is 0 Å². The van der Waals surface area contributed by atoms with Crippen molar-refractivity contribution in [1.29, 1.82) is 5.41 Å². The fourth-order valence-corrected chi connectivity index (χ4v) is 2.35. The summed E-state index contributed by atoms with van der Waals surface area (Å²) in [6, 6.07) is 1.87. The van der Waals surface area contributed by atoms with Gasteiger partial charge in [-0.05, 0) is 26.2 Å². The maximum Gasteiger partial charge on any atom is 0.133 e. The lowest BCUT2D eigenvalue weighted by Gasteiger charge is -2.25. The van der Waals surface area contributed by atoms with E-state index in [1.54, 1.807) is 0 Å². The number of nitrogens with zero attached hydrogens (tertiary/aromatic N) is 1. The Morgan fingerprint density at radius 2 is 2.22 bits per heavy atom. The fraction of sp³-hybridized carbons (Fsp3) is 0.571.